The maximum atomic E-state index is 13.1. The summed E-state index contributed by atoms with van der Waals surface area (Å²) in [5, 5.41) is 10.7. The fourth-order valence-electron chi connectivity index (χ4n) is 2.05. The topological polar surface area (TPSA) is 53.4 Å². The molecule has 8 heteroatoms. The zero-order valence-electron chi connectivity index (χ0n) is 11.6. The van der Waals surface area contributed by atoms with Gasteiger partial charge in [0.15, 0.2) is 0 Å². The predicted octanol–water partition coefficient (Wildman–Crippen LogP) is 3.49. The van der Waals surface area contributed by atoms with Crippen molar-refractivity contribution in [1.29, 1.82) is 0 Å². The molecule has 1 N–H and O–H groups in total. The zero-order valence-corrected chi connectivity index (χ0v) is 12.4. The number of halogens is 3. The molecule has 0 aliphatic carbocycles. The van der Waals surface area contributed by atoms with Crippen LogP contribution in [0.1, 0.15) is 27.2 Å². The second-order valence-corrected chi connectivity index (χ2v) is 5.55. The largest absolute Gasteiger partial charge is 0.478 e. The van der Waals surface area contributed by atoms with Crippen molar-refractivity contribution >= 4 is 17.3 Å². The molecule has 2 aromatic rings. The summed E-state index contributed by atoms with van der Waals surface area (Å²) in [5.74, 6) is -1.38. The van der Waals surface area contributed by atoms with Crippen LogP contribution in [0.3, 0.4) is 0 Å². The molecule has 1 heterocycles. The van der Waals surface area contributed by atoms with Crippen LogP contribution in [0, 0.1) is 0 Å². The van der Waals surface area contributed by atoms with Crippen molar-refractivity contribution in [3.8, 4) is 0 Å². The number of carboxylic acid groups (broad SMARTS) is 1. The average molecular weight is 330 g/mol. The SMILES string of the molecule is CN(Cc1cscn1)Cc1ccc(C(=O)O)cc1C(F)(F)F. The molecule has 0 spiro atoms. The van der Waals surface area contributed by atoms with Crippen LogP contribution in [0.15, 0.2) is 29.1 Å². The standard InChI is InChI=1S/C14H13F3N2O2S/c1-19(6-11-7-22-8-18-11)5-10-3-2-9(13(20)21)4-12(10)14(15,16)17/h2-4,7-8H,5-6H2,1H3,(H,20,21). The van der Waals surface area contributed by atoms with Gasteiger partial charge >= 0.3 is 12.1 Å². The maximum Gasteiger partial charge on any atom is 0.416 e. The van der Waals surface area contributed by atoms with Crippen LogP contribution >= 0.6 is 11.3 Å². The van der Waals surface area contributed by atoms with Gasteiger partial charge in [-0.05, 0) is 24.7 Å². The van der Waals surface area contributed by atoms with Gasteiger partial charge < -0.3 is 5.11 Å². The lowest BCUT2D eigenvalue weighted by molar-refractivity contribution is -0.138. The molecule has 1 aromatic carbocycles. The number of benzene rings is 1. The Hall–Kier alpha value is -1.93. The van der Waals surface area contributed by atoms with Crippen molar-refractivity contribution < 1.29 is 23.1 Å². The summed E-state index contributed by atoms with van der Waals surface area (Å²) < 4.78 is 39.3. The lowest BCUT2D eigenvalue weighted by atomic mass is 10.0. The lowest BCUT2D eigenvalue weighted by Crippen LogP contribution is -2.21. The first-order chi connectivity index (χ1) is 10.3. The van der Waals surface area contributed by atoms with Crippen molar-refractivity contribution in [3.63, 3.8) is 0 Å². The van der Waals surface area contributed by atoms with Crippen molar-refractivity contribution in [2.75, 3.05) is 7.05 Å². The van der Waals surface area contributed by atoms with E-state index in [-0.39, 0.29) is 17.7 Å². The Morgan fingerprint density at radius 2 is 2.09 bits per heavy atom. The van der Waals surface area contributed by atoms with Gasteiger partial charge in [0.2, 0.25) is 0 Å². The first kappa shape index (κ1) is 16.4. The highest BCUT2D eigenvalue weighted by Crippen LogP contribution is 2.33. The summed E-state index contributed by atoms with van der Waals surface area (Å²) in [6.45, 7) is 0.466. The van der Waals surface area contributed by atoms with Gasteiger partial charge in [-0.25, -0.2) is 9.78 Å². The molecule has 0 fully saturated rings. The van der Waals surface area contributed by atoms with Gasteiger partial charge in [0.05, 0.1) is 22.3 Å². The fourth-order valence-corrected chi connectivity index (χ4v) is 2.60. The highest BCUT2D eigenvalue weighted by Gasteiger charge is 2.34. The van der Waals surface area contributed by atoms with Crippen molar-refractivity contribution in [2.45, 2.75) is 19.3 Å². The Kier molecular flexibility index (Phi) is 4.82. The monoisotopic (exact) mass is 330 g/mol. The molecule has 0 aliphatic heterocycles. The number of aromatic carboxylic acids is 1. The van der Waals surface area contributed by atoms with E-state index in [0.29, 0.717) is 12.6 Å². The maximum absolute atomic E-state index is 13.1. The molecule has 0 saturated carbocycles. The minimum Gasteiger partial charge on any atom is -0.478 e. The number of nitrogens with zero attached hydrogens (tertiary/aromatic N) is 2. The molecule has 1 aromatic heterocycles. The van der Waals surface area contributed by atoms with Gasteiger partial charge in [-0.15, -0.1) is 11.3 Å². The quantitative estimate of drug-likeness (QED) is 0.912. The van der Waals surface area contributed by atoms with E-state index < -0.39 is 17.7 Å². The van der Waals surface area contributed by atoms with Gasteiger partial charge in [0.25, 0.3) is 0 Å². The molecule has 0 unspecified atom stereocenters. The van der Waals surface area contributed by atoms with Crippen LogP contribution in [-0.2, 0) is 19.3 Å². The Morgan fingerprint density at radius 1 is 1.36 bits per heavy atom. The zero-order chi connectivity index (χ0) is 16.3. The van der Waals surface area contributed by atoms with Crippen LogP contribution < -0.4 is 0 Å². The van der Waals surface area contributed by atoms with Crippen molar-refractivity contribution in [1.82, 2.24) is 9.88 Å². The molecule has 0 aliphatic rings. The molecular formula is C14H13F3N2O2S. The molecule has 0 amide bonds. The van der Waals surface area contributed by atoms with Crippen LogP contribution in [0.2, 0.25) is 0 Å². The number of carboxylic acids is 1. The Balaban J connectivity index is 2.24. The highest BCUT2D eigenvalue weighted by molar-refractivity contribution is 7.07. The molecule has 0 saturated heterocycles. The van der Waals surface area contributed by atoms with Gasteiger partial charge in [0, 0.05) is 18.5 Å². The normalized spacial score (nSPS) is 11.9. The van der Waals surface area contributed by atoms with E-state index in [9.17, 15) is 18.0 Å². The fraction of sp³-hybridized carbons (Fsp3) is 0.286. The minimum atomic E-state index is -4.59. The van der Waals surface area contributed by atoms with Crippen LogP contribution in [0.5, 0.6) is 0 Å². The molecule has 4 nitrogen and oxygen atoms in total. The summed E-state index contributed by atoms with van der Waals surface area (Å²) in [5.41, 5.74) is 1.18. The number of hydrogen-bond donors (Lipinski definition) is 1. The summed E-state index contributed by atoms with van der Waals surface area (Å²) >= 11 is 1.42. The van der Waals surface area contributed by atoms with Crippen LogP contribution in [-0.4, -0.2) is 28.0 Å². The first-order valence-electron chi connectivity index (χ1n) is 6.26. The number of thiazole rings is 1. The summed E-state index contributed by atoms with van der Waals surface area (Å²) in [7, 11) is 1.69. The van der Waals surface area contributed by atoms with E-state index >= 15 is 0 Å². The average Bonchev–Trinajstić information content (AvgIpc) is 2.90. The van der Waals surface area contributed by atoms with Crippen LogP contribution in [0.4, 0.5) is 13.2 Å². The van der Waals surface area contributed by atoms with Crippen molar-refractivity contribution in [3.05, 3.63) is 51.5 Å². The van der Waals surface area contributed by atoms with Gasteiger partial charge in [0.1, 0.15) is 0 Å². The van der Waals surface area contributed by atoms with Crippen LogP contribution in [0.25, 0.3) is 0 Å². The molecule has 22 heavy (non-hydrogen) atoms. The van der Waals surface area contributed by atoms with E-state index in [4.69, 9.17) is 5.11 Å². The third-order valence-electron chi connectivity index (χ3n) is 3.02. The Bertz CT molecular complexity index is 657. The van der Waals surface area contributed by atoms with E-state index in [1.165, 1.54) is 23.5 Å². The molecular weight excluding hydrogens is 317 g/mol. The van der Waals surface area contributed by atoms with Gasteiger partial charge in [-0.3, -0.25) is 4.90 Å². The second kappa shape index (κ2) is 6.45. The third kappa shape index (κ3) is 4.05. The summed E-state index contributed by atoms with van der Waals surface area (Å²) in [6.07, 6.45) is -4.59. The number of carbonyl (C=O) groups is 1. The van der Waals surface area contributed by atoms with E-state index in [0.717, 1.165) is 5.69 Å². The van der Waals surface area contributed by atoms with Gasteiger partial charge in [-0.1, -0.05) is 6.07 Å². The number of hydrogen-bond acceptors (Lipinski definition) is 4. The molecule has 118 valence electrons. The molecule has 0 bridgehead atoms. The van der Waals surface area contributed by atoms with E-state index in [1.54, 1.807) is 17.5 Å². The smallest absolute Gasteiger partial charge is 0.416 e. The number of alkyl halides is 3. The number of aromatic nitrogens is 1. The molecule has 0 radical (unpaired) electrons. The molecule has 2 rings (SSSR count). The minimum absolute atomic E-state index is 0.0372. The highest BCUT2D eigenvalue weighted by atomic mass is 32.1. The van der Waals surface area contributed by atoms with E-state index in [1.807, 2.05) is 5.38 Å². The third-order valence-corrected chi connectivity index (χ3v) is 3.65. The summed E-state index contributed by atoms with van der Waals surface area (Å²) in [4.78, 5) is 16.6. The lowest BCUT2D eigenvalue weighted by Gasteiger charge is -2.19. The number of rotatable bonds is 5. The van der Waals surface area contributed by atoms with Crippen molar-refractivity contribution in [2.24, 2.45) is 0 Å². The second-order valence-electron chi connectivity index (χ2n) is 4.83. The molecule has 0 atom stereocenters. The predicted molar refractivity (Wildman–Crippen MR) is 75.7 cm³/mol. The Labute approximate surface area is 128 Å². The Morgan fingerprint density at radius 3 is 2.64 bits per heavy atom. The summed E-state index contributed by atoms with van der Waals surface area (Å²) in [6, 6.07) is 3.07. The van der Waals surface area contributed by atoms with E-state index in [2.05, 4.69) is 4.98 Å². The van der Waals surface area contributed by atoms with Gasteiger partial charge in [-0.2, -0.15) is 13.2 Å². The first-order valence-corrected chi connectivity index (χ1v) is 7.20.